The molecule has 3 rings (SSSR count). The van der Waals surface area contributed by atoms with Crippen LogP contribution in [0.4, 0.5) is 8.78 Å². The monoisotopic (exact) mass is 340 g/mol. The average Bonchev–Trinajstić information content (AvgIpc) is 3.11. The molecule has 1 aromatic rings. The minimum Gasteiger partial charge on any atom is -0.336 e. The molecule has 0 saturated carbocycles. The molecule has 2 aliphatic rings. The minimum atomic E-state index is -2.81. The Morgan fingerprint density at radius 3 is 2.75 bits per heavy atom. The van der Waals surface area contributed by atoms with Gasteiger partial charge in [0.25, 0.3) is 5.92 Å². The predicted molar refractivity (Wildman–Crippen MR) is 82.2 cm³/mol. The van der Waals surface area contributed by atoms with Gasteiger partial charge >= 0.3 is 0 Å². The molecule has 0 bridgehead atoms. The molecule has 6 nitrogen and oxygen atoms in total. The highest BCUT2D eigenvalue weighted by atomic mass is 19.3. The zero-order valence-electron chi connectivity index (χ0n) is 13.9. The lowest BCUT2D eigenvalue weighted by Crippen LogP contribution is -2.49. The Labute approximate surface area is 139 Å². The van der Waals surface area contributed by atoms with Crippen LogP contribution in [0.15, 0.2) is 12.3 Å². The van der Waals surface area contributed by atoms with Gasteiger partial charge in [0.2, 0.25) is 11.8 Å². The third-order valence-electron chi connectivity index (χ3n) is 5.01. The van der Waals surface area contributed by atoms with Crippen molar-refractivity contribution in [2.24, 2.45) is 13.0 Å². The lowest BCUT2D eigenvalue weighted by atomic mass is 9.85. The molecule has 2 fully saturated rings. The van der Waals surface area contributed by atoms with E-state index in [1.165, 1.54) is 4.90 Å². The number of aromatic nitrogens is 2. The number of piperidine rings is 1. The molecule has 0 aromatic carbocycles. The summed E-state index contributed by atoms with van der Waals surface area (Å²) in [5, 5.41) is 4.13. The lowest BCUT2D eigenvalue weighted by molar-refractivity contribution is -0.148. The number of amides is 2. The first-order valence-electron chi connectivity index (χ1n) is 8.28. The second-order valence-electron chi connectivity index (χ2n) is 6.52. The number of hydrogen-bond acceptors (Lipinski definition) is 3. The first-order valence-corrected chi connectivity index (χ1v) is 8.28. The largest absolute Gasteiger partial charge is 0.336 e. The van der Waals surface area contributed by atoms with E-state index >= 15 is 0 Å². The Morgan fingerprint density at radius 1 is 1.46 bits per heavy atom. The topological polar surface area (TPSA) is 58.4 Å². The van der Waals surface area contributed by atoms with Gasteiger partial charge in [-0.25, -0.2) is 8.78 Å². The van der Waals surface area contributed by atoms with Crippen LogP contribution in [-0.2, 0) is 16.6 Å². The number of carbonyl (C=O) groups is 2. The summed E-state index contributed by atoms with van der Waals surface area (Å²) < 4.78 is 28.6. The first-order chi connectivity index (χ1) is 11.3. The predicted octanol–water partition coefficient (Wildman–Crippen LogP) is 1.59. The lowest BCUT2D eigenvalue weighted by Gasteiger charge is -2.41. The van der Waals surface area contributed by atoms with E-state index < -0.39 is 24.4 Å². The Balaban J connectivity index is 1.91. The molecule has 3 heterocycles. The van der Waals surface area contributed by atoms with Crippen LogP contribution in [0.1, 0.15) is 37.9 Å². The smallest absolute Gasteiger partial charge is 0.267 e. The molecule has 2 aliphatic heterocycles. The summed E-state index contributed by atoms with van der Waals surface area (Å²) in [5.74, 6) is -3.62. The Bertz CT molecular complexity index is 646. The van der Waals surface area contributed by atoms with E-state index in [1.54, 1.807) is 28.9 Å². The fourth-order valence-corrected chi connectivity index (χ4v) is 3.78. The second kappa shape index (κ2) is 6.14. The van der Waals surface area contributed by atoms with Gasteiger partial charge in [-0.05, 0) is 19.4 Å². The van der Waals surface area contributed by atoms with Crippen LogP contribution in [-0.4, -0.2) is 57.0 Å². The van der Waals surface area contributed by atoms with Crippen molar-refractivity contribution in [3.05, 3.63) is 18.0 Å². The van der Waals surface area contributed by atoms with E-state index in [-0.39, 0.29) is 31.2 Å². The molecule has 0 spiro atoms. The van der Waals surface area contributed by atoms with Gasteiger partial charge in [-0.3, -0.25) is 14.3 Å². The van der Waals surface area contributed by atoms with Crippen LogP contribution in [0.25, 0.3) is 0 Å². The number of nitrogens with zero attached hydrogens (tertiary/aromatic N) is 4. The van der Waals surface area contributed by atoms with Crippen LogP contribution in [0.5, 0.6) is 0 Å². The highest BCUT2D eigenvalue weighted by molar-refractivity contribution is 5.85. The number of alkyl halides is 2. The van der Waals surface area contributed by atoms with Gasteiger partial charge < -0.3 is 9.80 Å². The van der Waals surface area contributed by atoms with Crippen molar-refractivity contribution >= 4 is 11.8 Å². The number of rotatable bonds is 3. The van der Waals surface area contributed by atoms with E-state index in [0.29, 0.717) is 13.0 Å². The molecule has 132 valence electrons. The number of aryl methyl sites for hydroxylation is 1. The molecule has 2 amide bonds. The van der Waals surface area contributed by atoms with Gasteiger partial charge in [0.15, 0.2) is 0 Å². The Morgan fingerprint density at radius 2 is 2.21 bits per heavy atom. The SMILES string of the molecule is CCN1C(=O)CC[C@H](C(=O)N2CCC(F)(F)C2)[C@H]1c1ccnn1C. The molecular weight excluding hydrogens is 318 g/mol. The third kappa shape index (κ3) is 2.89. The van der Waals surface area contributed by atoms with Crippen molar-refractivity contribution in [3.63, 3.8) is 0 Å². The van der Waals surface area contributed by atoms with E-state index in [4.69, 9.17) is 0 Å². The summed E-state index contributed by atoms with van der Waals surface area (Å²) in [6.45, 7) is 1.87. The van der Waals surface area contributed by atoms with E-state index in [0.717, 1.165) is 5.69 Å². The molecule has 0 radical (unpaired) electrons. The van der Waals surface area contributed by atoms with Crippen LogP contribution >= 0.6 is 0 Å². The van der Waals surface area contributed by atoms with Crippen molar-refractivity contribution in [3.8, 4) is 0 Å². The van der Waals surface area contributed by atoms with Gasteiger partial charge in [0.05, 0.1) is 24.2 Å². The Kier molecular flexibility index (Phi) is 4.31. The van der Waals surface area contributed by atoms with Crippen molar-refractivity contribution in [1.29, 1.82) is 0 Å². The molecule has 0 aliphatic carbocycles. The van der Waals surface area contributed by atoms with Gasteiger partial charge in [0, 0.05) is 39.2 Å². The molecule has 0 unspecified atom stereocenters. The van der Waals surface area contributed by atoms with Crippen molar-refractivity contribution in [2.45, 2.75) is 38.2 Å². The summed E-state index contributed by atoms with van der Waals surface area (Å²) in [5.41, 5.74) is 0.759. The summed E-state index contributed by atoms with van der Waals surface area (Å²) >= 11 is 0. The highest BCUT2D eigenvalue weighted by Crippen LogP contribution is 2.39. The first kappa shape index (κ1) is 16.9. The highest BCUT2D eigenvalue weighted by Gasteiger charge is 2.47. The minimum absolute atomic E-state index is 0.0144. The second-order valence-corrected chi connectivity index (χ2v) is 6.52. The molecule has 8 heteroatoms. The molecule has 0 N–H and O–H groups in total. The zero-order valence-corrected chi connectivity index (χ0v) is 13.9. The van der Waals surface area contributed by atoms with Crippen LogP contribution in [0.2, 0.25) is 0 Å². The van der Waals surface area contributed by atoms with Crippen LogP contribution < -0.4 is 0 Å². The quantitative estimate of drug-likeness (QED) is 0.840. The summed E-state index contributed by atoms with van der Waals surface area (Å²) in [6.07, 6.45) is 1.97. The maximum atomic E-state index is 13.5. The van der Waals surface area contributed by atoms with Crippen molar-refractivity contribution in [1.82, 2.24) is 19.6 Å². The fourth-order valence-electron chi connectivity index (χ4n) is 3.78. The number of likely N-dealkylation sites (tertiary alicyclic amines) is 2. The van der Waals surface area contributed by atoms with Gasteiger partial charge in [0.1, 0.15) is 0 Å². The number of halogens is 2. The average molecular weight is 340 g/mol. The molecule has 2 saturated heterocycles. The molecule has 2 atom stereocenters. The van der Waals surface area contributed by atoms with E-state index in [1.807, 2.05) is 6.92 Å². The summed E-state index contributed by atoms with van der Waals surface area (Å²) in [6, 6.07) is 1.33. The van der Waals surface area contributed by atoms with Crippen LogP contribution in [0, 0.1) is 5.92 Å². The van der Waals surface area contributed by atoms with Gasteiger partial charge in [-0.15, -0.1) is 0 Å². The van der Waals surface area contributed by atoms with E-state index in [9.17, 15) is 18.4 Å². The summed E-state index contributed by atoms with van der Waals surface area (Å²) in [4.78, 5) is 28.1. The zero-order chi connectivity index (χ0) is 17.5. The van der Waals surface area contributed by atoms with Gasteiger partial charge in [-0.2, -0.15) is 5.10 Å². The van der Waals surface area contributed by atoms with Crippen LogP contribution in [0.3, 0.4) is 0 Å². The maximum Gasteiger partial charge on any atom is 0.267 e. The maximum absolute atomic E-state index is 13.5. The molecule has 24 heavy (non-hydrogen) atoms. The van der Waals surface area contributed by atoms with Crippen molar-refractivity contribution < 1.29 is 18.4 Å². The Hall–Kier alpha value is -1.99. The van der Waals surface area contributed by atoms with E-state index in [2.05, 4.69) is 5.10 Å². The molecule has 1 aromatic heterocycles. The molecular formula is C16H22F2N4O2. The third-order valence-corrected chi connectivity index (χ3v) is 5.01. The number of carbonyl (C=O) groups excluding carboxylic acids is 2. The fraction of sp³-hybridized carbons (Fsp3) is 0.688. The summed E-state index contributed by atoms with van der Waals surface area (Å²) in [7, 11) is 1.76. The van der Waals surface area contributed by atoms with Gasteiger partial charge in [-0.1, -0.05) is 0 Å². The normalized spacial score (nSPS) is 26.9. The van der Waals surface area contributed by atoms with Crippen molar-refractivity contribution in [2.75, 3.05) is 19.6 Å². The number of hydrogen-bond donors (Lipinski definition) is 0. The standard InChI is InChI=1S/C16H22F2N4O2/c1-3-22-13(23)5-4-11(14(22)12-6-8-19-20(12)2)15(24)21-9-7-16(17,18)10-21/h6,8,11,14H,3-5,7,9-10H2,1-2H3/t11-,14-/m0/s1.